The number of halogens is 3. The van der Waals surface area contributed by atoms with E-state index in [2.05, 4.69) is 36.9 Å². The molecule has 0 spiro atoms. The Morgan fingerprint density at radius 2 is 1.92 bits per heavy atom. The van der Waals surface area contributed by atoms with E-state index in [1.807, 2.05) is 18.2 Å². The lowest BCUT2D eigenvalue weighted by Crippen LogP contribution is -2.12. The van der Waals surface area contributed by atoms with E-state index in [1.165, 1.54) is 0 Å². The van der Waals surface area contributed by atoms with Crippen molar-refractivity contribution >= 4 is 55.0 Å². The summed E-state index contributed by atoms with van der Waals surface area (Å²) in [4.78, 5) is 4.15. The van der Waals surface area contributed by atoms with Gasteiger partial charge in [0.2, 0.25) is 0 Å². The number of para-hydroxylation sites is 1. The molecule has 0 saturated heterocycles. The van der Waals surface area contributed by atoms with Crippen LogP contribution in [-0.2, 0) is 0 Å². The summed E-state index contributed by atoms with van der Waals surface area (Å²) in [5, 5.41) is 0. The van der Waals surface area contributed by atoms with Crippen LogP contribution in [0.25, 0.3) is 0 Å². The van der Waals surface area contributed by atoms with Gasteiger partial charge in [-0.15, -0.1) is 11.6 Å². The number of aliphatic imine (C=N–C) groups is 1. The van der Waals surface area contributed by atoms with Crippen molar-refractivity contribution in [2.75, 3.05) is 5.88 Å². The van der Waals surface area contributed by atoms with E-state index in [9.17, 15) is 0 Å². The van der Waals surface area contributed by atoms with Gasteiger partial charge >= 0.3 is 0 Å². The Labute approximate surface area is 98.4 Å². The quantitative estimate of drug-likeness (QED) is 0.505. The molecule has 0 saturated carbocycles. The van der Waals surface area contributed by atoms with E-state index in [0.29, 0.717) is 5.84 Å². The Hall–Kier alpha value is -0.0600. The second-order valence-electron chi connectivity index (χ2n) is 2.31. The zero-order chi connectivity index (χ0) is 9.84. The molecule has 0 aliphatic rings. The number of hydrogen-bond acceptors (Lipinski definition) is 1. The number of hydrogen-bond donors (Lipinski definition) is 1. The van der Waals surface area contributed by atoms with Crippen molar-refractivity contribution in [3.8, 4) is 0 Å². The molecule has 0 aliphatic heterocycles. The van der Waals surface area contributed by atoms with Crippen LogP contribution in [0.4, 0.5) is 5.69 Å². The van der Waals surface area contributed by atoms with Crippen molar-refractivity contribution in [3.05, 3.63) is 27.1 Å². The van der Waals surface area contributed by atoms with Crippen molar-refractivity contribution in [1.82, 2.24) is 0 Å². The fraction of sp³-hybridized carbons (Fsp3) is 0.125. The molecule has 0 unspecified atom stereocenters. The number of benzene rings is 1. The third-order valence-electron chi connectivity index (χ3n) is 1.33. The topological polar surface area (TPSA) is 38.4 Å². The minimum Gasteiger partial charge on any atom is -0.386 e. The Bertz CT molecular complexity index is 319. The van der Waals surface area contributed by atoms with Crippen molar-refractivity contribution < 1.29 is 0 Å². The minimum absolute atomic E-state index is 0.230. The van der Waals surface area contributed by atoms with E-state index < -0.39 is 0 Å². The molecule has 13 heavy (non-hydrogen) atoms. The van der Waals surface area contributed by atoms with Crippen LogP contribution < -0.4 is 5.73 Å². The van der Waals surface area contributed by atoms with Gasteiger partial charge in [-0.1, -0.05) is 6.07 Å². The van der Waals surface area contributed by atoms with Gasteiger partial charge in [0, 0.05) is 8.95 Å². The predicted molar refractivity (Wildman–Crippen MR) is 63.8 cm³/mol. The minimum atomic E-state index is 0.230. The molecule has 1 aromatic carbocycles. The largest absolute Gasteiger partial charge is 0.386 e. The van der Waals surface area contributed by atoms with Gasteiger partial charge in [0.05, 0.1) is 11.6 Å². The summed E-state index contributed by atoms with van der Waals surface area (Å²) < 4.78 is 1.77. The maximum absolute atomic E-state index is 5.52. The SMILES string of the molecule is NC(CCl)=Nc1c(Br)cccc1Br. The first-order valence-corrected chi connectivity index (χ1v) is 5.60. The molecule has 0 radical (unpaired) electrons. The second kappa shape index (κ2) is 4.98. The second-order valence-corrected chi connectivity index (χ2v) is 4.28. The van der Waals surface area contributed by atoms with Gasteiger partial charge in [-0.2, -0.15) is 0 Å². The Kier molecular flexibility index (Phi) is 4.22. The normalized spacial score (nSPS) is 11.8. The predicted octanol–water partition coefficient (Wildman–Crippen LogP) is 3.44. The number of amidine groups is 1. The van der Waals surface area contributed by atoms with E-state index in [0.717, 1.165) is 14.6 Å². The maximum atomic E-state index is 5.52. The molecule has 0 heterocycles. The Morgan fingerprint density at radius 3 is 2.38 bits per heavy atom. The third-order valence-corrected chi connectivity index (χ3v) is 2.88. The molecule has 2 nitrogen and oxygen atoms in total. The summed E-state index contributed by atoms with van der Waals surface area (Å²) >= 11 is 12.3. The molecule has 0 aromatic heterocycles. The molecule has 70 valence electrons. The zero-order valence-electron chi connectivity index (χ0n) is 6.60. The van der Waals surface area contributed by atoms with Gasteiger partial charge in [-0.25, -0.2) is 4.99 Å². The lowest BCUT2D eigenvalue weighted by atomic mass is 10.3. The van der Waals surface area contributed by atoms with Crippen molar-refractivity contribution in [2.45, 2.75) is 0 Å². The molecule has 0 atom stereocenters. The zero-order valence-corrected chi connectivity index (χ0v) is 10.5. The number of nitrogens with zero attached hydrogens (tertiary/aromatic N) is 1. The highest BCUT2D eigenvalue weighted by atomic mass is 79.9. The first-order valence-electron chi connectivity index (χ1n) is 3.48. The van der Waals surface area contributed by atoms with Crippen LogP contribution in [0, 0.1) is 0 Å². The monoisotopic (exact) mass is 324 g/mol. The fourth-order valence-electron chi connectivity index (χ4n) is 0.769. The van der Waals surface area contributed by atoms with Gasteiger partial charge in [-0.3, -0.25) is 0 Å². The van der Waals surface area contributed by atoms with Crippen LogP contribution in [0.15, 0.2) is 32.1 Å². The van der Waals surface area contributed by atoms with Crippen molar-refractivity contribution in [3.63, 3.8) is 0 Å². The Balaban J connectivity index is 3.14. The summed E-state index contributed by atoms with van der Waals surface area (Å²) in [5.41, 5.74) is 6.28. The van der Waals surface area contributed by atoms with E-state index >= 15 is 0 Å². The van der Waals surface area contributed by atoms with Gasteiger partial charge in [0.15, 0.2) is 0 Å². The highest BCUT2D eigenvalue weighted by molar-refractivity contribution is 9.11. The molecule has 2 N–H and O–H groups in total. The van der Waals surface area contributed by atoms with Crippen LogP contribution in [0.5, 0.6) is 0 Å². The first-order chi connectivity index (χ1) is 6.15. The summed E-state index contributed by atoms with van der Waals surface area (Å²) in [6.07, 6.45) is 0. The van der Waals surface area contributed by atoms with Gasteiger partial charge in [-0.05, 0) is 44.0 Å². The summed E-state index contributed by atoms with van der Waals surface area (Å²) in [5.74, 6) is 0.627. The molecule has 1 aromatic rings. The molecular formula is C8H7Br2ClN2. The highest BCUT2D eigenvalue weighted by Gasteiger charge is 2.02. The van der Waals surface area contributed by atoms with Gasteiger partial charge in [0.1, 0.15) is 5.84 Å². The smallest absolute Gasteiger partial charge is 0.115 e. The van der Waals surface area contributed by atoms with E-state index in [4.69, 9.17) is 17.3 Å². The molecular weight excluding hydrogens is 319 g/mol. The summed E-state index contributed by atoms with van der Waals surface area (Å²) in [6.45, 7) is 0. The molecule has 5 heteroatoms. The molecule has 0 fully saturated rings. The lowest BCUT2D eigenvalue weighted by Gasteiger charge is -2.02. The van der Waals surface area contributed by atoms with Gasteiger partial charge < -0.3 is 5.73 Å². The van der Waals surface area contributed by atoms with Crippen LogP contribution in [0.3, 0.4) is 0 Å². The van der Waals surface area contributed by atoms with Crippen molar-refractivity contribution in [2.24, 2.45) is 10.7 Å². The Morgan fingerprint density at radius 1 is 1.38 bits per heavy atom. The third kappa shape index (κ3) is 2.97. The van der Waals surface area contributed by atoms with Gasteiger partial charge in [0.25, 0.3) is 0 Å². The highest BCUT2D eigenvalue weighted by Crippen LogP contribution is 2.33. The average Bonchev–Trinajstić information content (AvgIpc) is 2.11. The fourth-order valence-corrected chi connectivity index (χ4v) is 2.00. The first kappa shape index (κ1) is 11.0. The molecule has 0 aliphatic carbocycles. The van der Waals surface area contributed by atoms with Crippen LogP contribution in [0.2, 0.25) is 0 Å². The van der Waals surface area contributed by atoms with Crippen molar-refractivity contribution in [1.29, 1.82) is 0 Å². The molecule has 0 bridgehead atoms. The molecule has 1 rings (SSSR count). The van der Waals surface area contributed by atoms with E-state index in [1.54, 1.807) is 0 Å². The number of rotatable bonds is 2. The maximum Gasteiger partial charge on any atom is 0.115 e. The molecule has 0 amide bonds. The van der Waals surface area contributed by atoms with Crippen LogP contribution in [0.1, 0.15) is 0 Å². The van der Waals surface area contributed by atoms with Crippen LogP contribution in [-0.4, -0.2) is 11.7 Å². The summed E-state index contributed by atoms with van der Waals surface area (Å²) in [7, 11) is 0. The average molecular weight is 326 g/mol. The lowest BCUT2D eigenvalue weighted by molar-refractivity contribution is 1.41. The number of nitrogens with two attached hydrogens (primary N) is 1. The standard InChI is InChI=1S/C8H7Br2ClN2/c9-5-2-1-3-6(10)8(5)13-7(12)4-11/h1-3H,4H2,(H2,12,13). The van der Waals surface area contributed by atoms with E-state index in [-0.39, 0.29) is 5.88 Å². The number of alkyl halides is 1. The summed E-state index contributed by atoms with van der Waals surface area (Å²) in [6, 6.07) is 5.69. The van der Waals surface area contributed by atoms with Crippen LogP contribution >= 0.6 is 43.5 Å².